The molecular formula is C14H14FNO2S. The zero-order valence-electron chi connectivity index (χ0n) is 11.0. The molecule has 2 rings (SSSR count). The molecule has 1 heterocycles. The van der Waals surface area contributed by atoms with E-state index in [1.165, 1.54) is 30.6 Å². The summed E-state index contributed by atoms with van der Waals surface area (Å²) in [5, 5.41) is 0.718. The summed E-state index contributed by atoms with van der Waals surface area (Å²) >= 11 is 1.47. The molecular weight excluding hydrogens is 265 g/mol. The van der Waals surface area contributed by atoms with Gasteiger partial charge in [-0.2, -0.15) is 0 Å². The van der Waals surface area contributed by atoms with Crippen molar-refractivity contribution in [1.82, 2.24) is 4.98 Å². The van der Waals surface area contributed by atoms with Gasteiger partial charge in [0.1, 0.15) is 16.6 Å². The first-order valence-corrected chi connectivity index (χ1v) is 6.62. The molecule has 0 saturated heterocycles. The molecule has 19 heavy (non-hydrogen) atoms. The van der Waals surface area contributed by atoms with E-state index < -0.39 is 5.82 Å². The van der Waals surface area contributed by atoms with Crippen molar-refractivity contribution in [3.05, 3.63) is 45.2 Å². The van der Waals surface area contributed by atoms with E-state index in [1.807, 2.05) is 13.8 Å². The van der Waals surface area contributed by atoms with Gasteiger partial charge >= 0.3 is 0 Å². The lowest BCUT2D eigenvalue weighted by atomic mass is 10.1. The van der Waals surface area contributed by atoms with Gasteiger partial charge in [0.25, 0.3) is 0 Å². The van der Waals surface area contributed by atoms with Crippen LogP contribution in [-0.2, 0) is 6.42 Å². The molecule has 100 valence electrons. The molecule has 0 spiro atoms. The molecule has 0 aliphatic heterocycles. The molecule has 2 aromatic rings. The first kappa shape index (κ1) is 13.7. The standard InChI is InChI=1S/C14H14FNO2S/c1-8-9(2)19-14(16-8)7-13(17)11-5-4-10(18-3)6-12(11)15/h4-6H,7H2,1-3H3. The zero-order valence-corrected chi connectivity index (χ0v) is 11.8. The van der Waals surface area contributed by atoms with Crippen LogP contribution in [0.1, 0.15) is 25.9 Å². The van der Waals surface area contributed by atoms with Crippen LogP contribution in [0.3, 0.4) is 0 Å². The number of methoxy groups -OCH3 is 1. The number of carbonyl (C=O) groups excluding carboxylic acids is 1. The summed E-state index contributed by atoms with van der Waals surface area (Å²) in [5.41, 5.74) is 0.995. The minimum absolute atomic E-state index is 0.0753. The predicted molar refractivity (Wildman–Crippen MR) is 72.6 cm³/mol. The highest BCUT2D eigenvalue weighted by molar-refractivity contribution is 7.11. The van der Waals surface area contributed by atoms with Crippen molar-refractivity contribution in [2.24, 2.45) is 0 Å². The molecule has 0 bridgehead atoms. The van der Waals surface area contributed by atoms with Crippen molar-refractivity contribution < 1.29 is 13.9 Å². The highest BCUT2D eigenvalue weighted by Gasteiger charge is 2.15. The van der Waals surface area contributed by atoms with Crippen molar-refractivity contribution >= 4 is 17.1 Å². The number of halogens is 1. The second-order valence-corrected chi connectivity index (χ2v) is 5.48. The van der Waals surface area contributed by atoms with Crippen LogP contribution >= 0.6 is 11.3 Å². The highest BCUT2D eigenvalue weighted by Crippen LogP contribution is 2.21. The quantitative estimate of drug-likeness (QED) is 0.806. The fraction of sp³-hybridized carbons (Fsp3) is 0.286. The number of nitrogens with zero attached hydrogens (tertiary/aromatic N) is 1. The van der Waals surface area contributed by atoms with Gasteiger partial charge in [-0.1, -0.05) is 0 Å². The van der Waals surface area contributed by atoms with Gasteiger partial charge in [-0.25, -0.2) is 9.37 Å². The van der Waals surface area contributed by atoms with Gasteiger partial charge in [-0.05, 0) is 26.0 Å². The molecule has 0 fully saturated rings. The maximum atomic E-state index is 13.8. The van der Waals surface area contributed by atoms with Crippen LogP contribution in [0.15, 0.2) is 18.2 Å². The molecule has 0 amide bonds. The van der Waals surface area contributed by atoms with Crippen molar-refractivity contribution in [2.75, 3.05) is 7.11 Å². The number of aromatic nitrogens is 1. The smallest absolute Gasteiger partial charge is 0.172 e. The molecule has 0 aliphatic rings. The normalized spacial score (nSPS) is 10.5. The summed E-state index contributed by atoms with van der Waals surface area (Å²) in [7, 11) is 1.46. The number of carbonyl (C=O) groups is 1. The third kappa shape index (κ3) is 2.98. The molecule has 0 atom stereocenters. The van der Waals surface area contributed by atoms with Crippen molar-refractivity contribution in [3.8, 4) is 5.75 Å². The van der Waals surface area contributed by atoms with Crippen LogP contribution in [0.25, 0.3) is 0 Å². The van der Waals surface area contributed by atoms with E-state index in [4.69, 9.17) is 4.74 Å². The molecule has 0 radical (unpaired) electrons. The van der Waals surface area contributed by atoms with Gasteiger partial charge < -0.3 is 4.74 Å². The number of hydrogen-bond acceptors (Lipinski definition) is 4. The Kier molecular flexibility index (Phi) is 3.95. The van der Waals surface area contributed by atoms with E-state index in [0.717, 1.165) is 15.6 Å². The second-order valence-electron chi connectivity index (χ2n) is 4.19. The number of ether oxygens (including phenoxy) is 1. The largest absolute Gasteiger partial charge is 0.497 e. The lowest BCUT2D eigenvalue weighted by Crippen LogP contribution is -2.06. The average Bonchev–Trinajstić information content (AvgIpc) is 2.67. The molecule has 0 aliphatic carbocycles. The number of aryl methyl sites for hydroxylation is 2. The van der Waals surface area contributed by atoms with Gasteiger partial charge in [0.05, 0.1) is 24.8 Å². The number of benzene rings is 1. The van der Waals surface area contributed by atoms with Gasteiger partial charge in [-0.15, -0.1) is 11.3 Å². The minimum Gasteiger partial charge on any atom is -0.497 e. The van der Waals surface area contributed by atoms with Gasteiger partial charge in [0.2, 0.25) is 0 Å². The number of rotatable bonds is 4. The van der Waals surface area contributed by atoms with Crippen LogP contribution in [0.2, 0.25) is 0 Å². The molecule has 0 unspecified atom stereocenters. The third-order valence-corrected chi connectivity index (χ3v) is 3.93. The number of Topliss-reactive ketones (excluding diaryl/α,β-unsaturated/α-hetero) is 1. The number of ketones is 1. The van der Waals surface area contributed by atoms with E-state index >= 15 is 0 Å². The van der Waals surface area contributed by atoms with E-state index in [0.29, 0.717) is 5.75 Å². The molecule has 1 aromatic carbocycles. The molecule has 0 N–H and O–H groups in total. The van der Waals surface area contributed by atoms with E-state index in [9.17, 15) is 9.18 Å². The van der Waals surface area contributed by atoms with Crippen LogP contribution in [-0.4, -0.2) is 17.9 Å². The van der Waals surface area contributed by atoms with Gasteiger partial charge in [0.15, 0.2) is 5.78 Å². The van der Waals surface area contributed by atoms with E-state index in [2.05, 4.69) is 4.98 Å². The van der Waals surface area contributed by atoms with E-state index in [1.54, 1.807) is 6.07 Å². The lowest BCUT2D eigenvalue weighted by molar-refractivity contribution is 0.0989. The maximum Gasteiger partial charge on any atom is 0.172 e. The Morgan fingerprint density at radius 1 is 1.42 bits per heavy atom. The van der Waals surface area contributed by atoms with Crippen molar-refractivity contribution in [3.63, 3.8) is 0 Å². The van der Waals surface area contributed by atoms with E-state index in [-0.39, 0.29) is 17.8 Å². The Morgan fingerprint density at radius 2 is 2.16 bits per heavy atom. The SMILES string of the molecule is COc1ccc(C(=O)Cc2nc(C)c(C)s2)c(F)c1. The van der Waals surface area contributed by atoms with Crippen LogP contribution in [0.4, 0.5) is 4.39 Å². The Labute approximate surface area is 115 Å². The highest BCUT2D eigenvalue weighted by atomic mass is 32.1. The summed E-state index contributed by atoms with van der Waals surface area (Å²) in [5.74, 6) is -0.432. The Bertz CT molecular complexity index is 602. The topological polar surface area (TPSA) is 39.2 Å². The van der Waals surface area contributed by atoms with Crippen LogP contribution in [0, 0.1) is 19.7 Å². The van der Waals surface area contributed by atoms with Gasteiger partial charge in [-0.3, -0.25) is 4.79 Å². The Morgan fingerprint density at radius 3 is 2.68 bits per heavy atom. The Hall–Kier alpha value is -1.75. The summed E-state index contributed by atoms with van der Waals surface area (Å²) in [4.78, 5) is 17.4. The predicted octanol–water partition coefficient (Wildman–Crippen LogP) is 3.33. The van der Waals surface area contributed by atoms with Crippen LogP contribution < -0.4 is 4.74 Å². The van der Waals surface area contributed by atoms with Crippen LogP contribution in [0.5, 0.6) is 5.75 Å². The molecule has 3 nitrogen and oxygen atoms in total. The van der Waals surface area contributed by atoms with Crippen molar-refractivity contribution in [2.45, 2.75) is 20.3 Å². The number of hydrogen-bond donors (Lipinski definition) is 0. The van der Waals surface area contributed by atoms with Gasteiger partial charge in [0, 0.05) is 10.9 Å². The monoisotopic (exact) mass is 279 g/mol. The molecule has 5 heteroatoms. The van der Waals surface area contributed by atoms with Crippen molar-refractivity contribution in [1.29, 1.82) is 0 Å². The fourth-order valence-corrected chi connectivity index (χ4v) is 2.63. The molecule has 1 aromatic heterocycles. The second kappa shape index (κ2) is 5.48. The first-order chi connectivity index (χ1) is 9.01. The fourth-order valence-electron chi connectivity index (χ4n) is 1.70. The lowest BCUT2D eigenvalue weighted by Gasteiger charge is -2.04. The average molecular weight is 279 g/mol. The third-order valence-electron chi connectivity index (χ3n) is 2.86. The number of thiazole rings is 1. The summed E-state index contributed by atoms with van der Waals surface area (Å²) < 4.78 is 18.7. The summed E-state index contributed by atoms with van der Waals surface area (Å²) in [6.45, 7) is 3.85. The Balaban J connectivity index is 2.20. The zero-order chi connectivity index (χ0) is 14.0. The summed E-state index contributed by atoms with van der Waals surface area (Å²) in [6.07, 6.45) is 0.128. The summed E-state index contributed by atoms with van der Waals surface area (Å²) in [6, 6.07) is 4.24. The maximum absolute atomic E-state index is 13.8. The first-order valence-electron chi connectivity index (χ1n) is 5.81. The minimum atomic E-state index is -0.561. The molecule has 0 saturated carbocycles.